The topological polar surface area (TPSA) is 81.0 Å². The molecule has 0 spiro atoms. The zero-order valence-electron chi connectivity index (χ0n) is 18.2. The van der Waals surface area contributed by atoms with Gasteiger partial charge in [-0.25, -0.2) is 8.42 Å². The van der Waals surface area contributed by atoms with Crippen LogP contribution in [0.4, 0.5) is 0 Å². The Labute approximate surface area is 206 Å². The maximum Gasteiger partial charge on any atom is 0.266 e. The van der Waals surface area contributed by atoms with Crippen molar-refractivity contribution in [3.8, 4) is 5.75 Å². The Kier molecular flexibility index (Phi) is 7.49. The van der Waals surface area contributed by atoms with E-state index in [-0.39, 0.29) is 11.4 Å². The average molecular weight is 526 g/mol. The van der Waals surface area contributed by atoms with Gasteiger partial charge in [-0.15, -0.1) is 0 Å². The minimum Gasteiger partial charge on any atom is -0.497 e. The summed E-state index contributed by atoms with van der Waals surface area (Å²) in [6.07, 6.45) is 3.08. The highest BCUT2D eigenvalue weighted by atomic mass is 35.5. The number of ether oxygens (including phenoxy) is 1. The third kappa shape index (κ3) is 5.00. The highest BCUT2D eigenvalue weighted by Crippen LogP contribution is 2.28. The zero-order chi connectivity index (χ0) is 23.6. The second-order valence-corrected chi connectivity index (χ2v) is 11.9. The van der Waals surface area contributed by atoms with Gasteiger partial charge in [0.25, 0.3) is 5.91 Å². The van der Waals surface area contributed by atoms with E-state index < -0.39 is 22.0 Å². The van der Waals surface area contributed by atoms with Crippen LogP contribution in [-0.2, 0) is 21.4 Å². The van der Waals surface area contributed by atoms with Gasteiger partial charge in [-0.3, -0.25) is 4.79 Å². The SMILES string of the molecule is COc1ccc2c(c1)sc(=NC(=O)C1CCCN1S(=O)(=O)c1ccc(Cl)cc1)n2CCSC. The first-order chi connectivity index (χ1) is 15.8. The van der Waals surface area contributed by atoms with Crippen LogP contribution in [0.5, 0.6) is 5.75 Å². The number of rotatable bonds is 7. The molecular formula is C22H24ClN3O4S3. The number of sulfonamides is 1. The van der Waals surface area contributed by atoms with Crippen molar-refractivity contribution in [1.29, 1.82) is 0 Å². The first-order valence-electron chi connectivity index (χ1n) is 10.4. The lowest BCUT2D eigenvalue weighted by molar-refractivity contribution is -0.121. The van der Waals surface area contributed by atoms with Gasteiger partial charge < -0.3 is 9.30 Å². The summed E-state index contributed by atoms with van der Waals surface area (Å²) in [5.41, 5.74) is 0.971. The molecule has 0 bridgehead atoms. The van der Waals surface area contributed by atoms with E-state index in [2.05, 4.69) is 4.99 Å². The monoisotopic (exact) mass is 525 g/mol. The Morgan fingerprint density at radius 2 is 2.03 bits per heavy atom. The molecule has 1 saturated heterocycles. The third-order valence-electron chi connectivity index (χ3n) is 5.52. The number of nitrogens with zero attached hydrogens (tertiary/aromatic N) is 3. The lowest BCUT2D eigenvalue weighted by Gasteiger charge is -2.21. The van der Waals surface area contributed by atoms with Crippen LogP contribution in [0.25, 0.3) is 10.2 Å². The largest absolute Gasteiger partial charge is 0.497 e. The molecule has 1 amide bonds. The molecule has 33 heavy (non-hydrogen) atoms. The minimum absolute atomic E-state index is 0.121. The van der Waals surface area contributed by atoms with Crippen molar-refractivity contribution in [2.75, 3.05) is 25.7 Å². The summed E-state index contributed by atoms with van der Waals surface area (Å²) in [4.78, 5) is 18.4. The quantitative estimate of drug-likeness (QED) is 0.465. The molecule has 1 atom stereocenters. The van der Waals surface area contributed by atoms with E-state index in [9.17, 15) is 13.2 Å². The summed E-state index contributed by atoms with van der Waals surface area (Å²) in [5.74, 6) is 1.15. The summed E-state index contributed by atoms with van der Waals surface area (Å²) in [6, 6.07) is 10.9. The molecular weight excluding hydrogens is 502 g/mol. The number of thioether (sulfide) groups is 1. The normalized spacial score (nSPS) is 17.7. The molecule has 1 fully saturated rings. The summed E-state index contributed by atoms with van der Waals surface area (Å²) in [7, 11) is -2.22. The Morgan fingerprint density at radius 3 is 2.73 bits per heavy atom. The smallest absolute Gasteiger partial charge is 0.266 e. The lowest BCUT2D eigenvalue weighted by Crippen LogP contribution is -2.40. The third-order valence-corrected chi connectivity index (χ3v) is 9.33. The molecule has 4 rings (SSSR count). The van der Waals surface area contributed by atoms with Crippen LogP contribution < -0.4 is 9.54 Å². The highest BCUT2D eigenvalue weighted by molar-refractivity contribution is 7.98. The Hall–Kier alpha value is -1.85. The van der Waals surface area contributed by atoms with Crippen LogP contribution in [0.2, 0.25) is 5.02 Å². The fourth-order valence-corrected chi connectivity index (χ4v) is 7.08. The number of fused-ring (bicyclic) bond motifs is 1. The van der Waals surface area contributed by atoms with E-state index in [0.717, 1.165) is 21.7 Å². The first-order valence-corrected chi connectivity index (χ1v) is 14.4. The average Bonchev–Trinajstić information content (AvgIpc) is 3.43. The van der Waals surface area contributed by atoms with Crippen molar-refractivity contribution >= 4 is 60.8 Å². The number of methoxy groups -OCH3 is 1. The van der Waals surface area contributed by atoms with Crippen LogP contribution in [0.1, 0.15) is 12.8 Å². The number of carbonyl (C=O) groups is 1. The van der Waals surface area contributed by atoms with Crippen molar-refractivity contribution in [3.63, 3.8) is 0 Å². The van der Waals surface area contributed by atoms with Crippen molar-refractivity contribution in [3.05, 3.63) is 52.3 Å². The summed E-state index contributed by atoms with van der Waals surface area (Å²) < 4.78 is 36.0. The fraction of sp³-hybridized carbons (Fsp3) is 0.364. The Balaban J connectivity index is 1.71. The highest BCUT2D eigenvalue weighted by Gasteiger charge is 2.39. The number of amides is 1. The second kappa shape index (κ2) is 10.2. The molecule has 3 aromatic rings. The molecule has 0 N–H and O–H groups in total. The van der Waals surface area contributed by atoms with Crippen LogP contribution >= 0.6 is 34.7 Å². The molecule has 0 saturated carbocycles. The van der Waals surface area contributed by atoms with Crippen LogP contribution in [-0.4, -0.2) is 54.9 Å². The molecule has 0 aliphatic carbocycles. The number of hydrogen-bond acceptors (Lipinski definition) is 6. The van der Waals surface area contributed by atoms with Crippen molar-refractivity contribution < 1.29 is 17.9 Å². The molecule has 1 aliphatic heterocycles. The summed E-state index contributed by atoms with van der Waals surface area (Å²) in [5, 5.41) is 0.453. The molecule has 1 aromatic heterocycles. The van der Waals surface area contributed by atoms with Gasteiger partial charge in [-0.2, -0.15) is 21.1 Å². The van der Waals surface area contributed by atoms with Crippen molar-refractivity contribution in [2.45, 2.75) is 30.3 Å². The van der Waals surface area contributed by atoms with Gasteiger partial charge in [-0.1, -0.05) is 22.9 Å². The molecule has 1 unspecified atom stereocenters. The zero-order valence-corrected chi connectivity index (χ0v) is 21.4. The van der Waals surface area contributed by atoms with E-state index in [1.54, 1.807) is 18.9 Å². The predicted molar refractivity (Wildman–Crippen MR) is 134 cm³/mol. The number of carbonyl (C=O) groups excluding carboxylic acids is 1. The van der Waals surface area contributed by atoms with Gasteiger partial charge in [0.1, 0.15) is 11.8 Å². The van der Waals surface area contributed by atoms with Gasteiger partial charge in [0, 0.05) is 23.9 Å². The molecule has 176 valence electrons. The summed E-state index contributed by atoms with van der Waals surface area (Å²) >= 11 is 9.01. The number of thiazole rings is 1. The number of aryl methyl sites for hydroxylation is 1. The number of aromatic nitrogens is 1. The number of benzene rings is 2. The van der Waals surface area contributed by atoms with Gasteiger partial charge in [-0.05, 0) is 61.6 Å². The van der Waals surface area contributed by atoms with Gasteiger partial charge >= 0.3 is 0 Å². The van der Waals surface area contributed by atoms with E-state index in [0.29, 0.717) is 29.2 Å². The summed E-state index contributed by atoms with van der Waals surface area (Å²) in [6.45, 7) is 0.976. The van der Waals surface area contributed by atoms with Crippen molar-refractivity contribution in [2.24, 2.45) is 4.99 Å². The minimum atomic E-state index is -3.83. The van der Waals surface area contributed by atoms with Crippen molar-refractivity contribution in [1.82, 2.24) is 8.87 Å². The van der Waals surface area contributed by atoms with Crippen LogP contribution in [0, 0.1) is 0 Å². The molecule has 11 heteroatoms. The van der Waals surface area contributed by atoms with Gasteiger partial charge in [0.2, 0.25) is 10.0 Å². The molecule has 7 nitrogen and oxygen atoms in total. The Morgan fingerprint density at radius 1 is 1.27 bits per heavy atom. The van der Waals surface area contributed by atoms with E-state index in [1.165, 1.54) is 39.9 Å². The second-order valence-electron chi connectivity index (χ2n) is 7.54. The van der Waals surface area contributed by atoms with E-state index in [4.69, 9.17) is 16.3 Å². The van der Waals surface area contributed by atoms with Crippen LogP contribution in [0.15, 0.2) is 52.4 Å². The fourth-order valence-electron chi connectivity index (χ4n) is 3.85. The molecule has 1 aliphatic rings. The van der Waals surface area contributed by atoms with Gasteiger partial charge in [0.05, 0.1) is 22.2 Å². The standard InChI is InChI=1S/C22H24ClN3O4S3/c1-30-16-7-10-18-20(14-16)32-22(25(18)12-13-31-2)24-21(27)19-4-3-11-26(19)33(28,29)17-8-5-15(23)6-9-17/h5-10,14,19H,3-4,11-13H2,1-2H3. The van der Waals surface area contributed by atoms with E-state index in [1.807, 2.05) is 29.0 Å². The number of hydrogen-bond donors (Lipinski definition) is 0. The first kappa shape index (κ1) is 24.3. The van der Waals surface area contributed by atoms with Crippen LogP contribution in [0.3, 0.4) is 0 Å². The maximum absolute atomic E-state index is 13.3. The molecule has 0 radical (unpaired) electrons. The van der Waals surface area contributed by atoms with E-state index >= 15 is 0 Å². The lowest BCUT2D eigenvalue weighted by atomic mass is 10.2. The molecule has 2 heterocycles. The number of halogens is 1. The maximum atomic E-state index is 13.3. The predicted octanol–water partition coefficient (Wildman–Crippen LogP) is 4.01. The molecule has 2 aromatic carbocycles. The van der Waals surface area contributed by atoms with Gasteiger partial charge in [0.15, 0.2) is 4.80 Å². The Bertz CT molecular complexity index is 1330.